The molecule has 1 fully saturated rings. The molecule has 1 aliphatic carbocycles. The Hall–Kier alpha value is -1.39. The Morgan fingerprint density at radius 2 is 2.21 bits per heavy atom. The predicted molar refractivity (Wildman–Crippen MR) is 71.5 cm³/mol. The number of aryl methyl sites for hydroxylation is 1. The molecule has 0 spiro atoms. The minimum Gasteiger partial charge on any atom is -0.456 e. The van der Waals surface area contributed by atoms with E-state index in [9.17, 15) is 4.39 Å². The Kier molecular flexibility index (Phi) is 3.29. The van der Waals surface area contributed by atoms with Crippen LogP contribution in [-0.4, -0.2) is 13.2 Å². The first-order valence-electron chi connectivity index (χ1n) is 6.62. The Labute approximate surface area is 111 Å². The maximum atomic E-state index is 13.9. The molecule has 1 aromatic carbocycles. The summed E-state index contributed by atoms with van der Waals surface area (Å²) < 4.78 is 24.8. The second-order valence-electron chi connectivity index (χ2n) is 5.16. The van der Waals surface area contributed by atoms with Gasteiger partial charge in [-0.3, -0.25) is 0 Å². The number of halogens is 1. The van der Waals surface area contributed by atoms with Crippen molar-refractivity contribution in [1.82, 2.24) is 5.32 Å². The van der Waals surface area contributed by atoms with Gasteiger partial charge in [0.05, 0.1) is 13.2 Å². The van der Waals surface area contributed by atoms with Crippen molar-refractivity contribution < 1.29 is 13.5 Å². The zero-order valence-electron chi connectivity index (χ0n) is 11.3. The second kappa shape index (κ2) is 4.94. The summed E-state index contributed by atoms with van der Waals surface area (Å²) in [6.45, 7) is 3.05. The predicted octanol–water partition coefficient (Wildman–Crippen LogP) is 3.28. The maximum absolute atomic E-state index is 13.9. The van der Waals surface area contributed by atoms with Gasteiger partial charge in [0.25, 0.3) is 0 Å². The molecule has 0 bridgehead atoms. The topological polar surface area (TPSA) is 34.4 Å². The van der Waals surface area contributed by atoms with Gasteiger partial charge in [0.15, 0.2) is 11.4 Å². The molecular weight excluding hydrogens is 245 g/mol. The number of fused-ring (bicyclic) bond motifs is 1. The van der Waals surface area contributed by atoms with E-state index >= 15 is 0 Å². The molecule has 1 saturated carbocycles. The Bertz CT molecular complexity index is 602. The molecule has 0 aliphatic heterocycles. The summed E-state index contributed by atoms with van der Waals surface area (Å²) in [6.07, 6.45) is 2.43. The maximum Gasteiger partial charge on any atom is 0.170 e. The number of hydrogen-bond acceptors (Lipinski definition) is 3. The highest BCUT2D eigenvalue weighted by Crippen LogP contribution is 2.32. The molecule has 102 valence electrons. The summed E-state index contributed by atoms with van der Waals surface area (Å²) in [4.78, 5) is 0. The van der Waals surface area contributed by atoms with E-state index in [1.54, 1.807) is 13.2 Å². The van der Waals surface area contributed by atoms with Crippen LogP contribution in [0.25, 0.3) is 11.0 Å². The van der Waals surface area contributed by atoms with Crippen LogP contribution >= 0.6 is 0 Å². The highest BCUT2D eigenvalue weighted by molar-refractivity contribution is 5.86. The van der Waals surface area contributed by atoms with Gasteiger partial charge in [0.1, 0.15) is 5.76 Å². The molecule has 0 unspecified atom stereocenters. The lowest BCUT2D eigenvalue weighted by molar-refractivity contribution is 0.183. The van der Waals surface area contributed by atoms with Crippen molar-refractivity contribution >= 4 is 11.0 Å². The number of methoxy groups -OCH3 is 1. The van der Waals surface area contributed by atoms with Crippen LogP contribution in [0.5, 0.6) is 0 Å². The fourth-order valence-electron chi connectivity index (χ4n) is 2.42. The van der Waals surface area contributed by atoms with Gasteiger partial charge in [-0.15, -0.1) is 0 Å². The summed E-state index contributed by atoms with van der Waals surface area (Å²) in [7, 11) is 1.64. The molecule has 4 heteroatoms. The van der Waals surface area contributed by atoms with Crippen molar-refractivity contribution in [2.24, 2.45) is 0 Å². The van der Waals surface area contributed by atoms with Gasteiger partial charge in [-0.25, -0.2) is 4.39 Å². The van der Waals surface area contributed by atoms with Gasteiger partial charge in [-0.05, 0) is 31.4 Å². The average molecular weight is 263 g/mol. The van der Waals surface area contributed by atoms with Gasteiger partial charge in [0.2, 0.25) is 0 Å². The SMILES string of the molecule is COCc1c(CNC2CC2)oc2c(F)ccc(C)c12. The third kappa shape index (κ3) is 2.38. The summed E-state index contributed by atoms with van der Waals surface area (Å²) in [6, 6.07) is 3.83. The number of nitrogens with one attached hydrogen (secondary N) is 1. The van der Waals surface area contributed by atoms with E-state index in [-0.39, 0.29) is 5.82 Å². The highest BCUT2D eigenvalue weighted by atomic mass is 19.1. The monoisotopic (exact) mass is 263 g/mol. The van der Waals surface area contributed by atoms with Crippen LogP contribution in [-0.2, 0) is 17.9 Å². The van der Waals surface area contributed by atoms with Crippen LogP contribution in [0.2, 0.25) is 0 Å². The minimum absolute atomic E-state index is 0.310. The zero-order valence-corrected chi connectivity index (χ0v) is 11.3. The highest BCUT2D eigenvalue weighted by Gasteiger charge is 2.23. The molecule has 0 radical (unpaired) electrons. The first kappa shape index (κ1) is 12.6. The van der Waals surface area contributed by atoms with Gasteiger partial charge in [-0.1, -0.05) is 6.07 Å². The van der Waals surface area contributed by atoms with Crippen LogP contribution in [0.1, 0.15) is 29.7 Å². The molecule has 0 atom stereocenters. The Balaban J connectivity index is 2.05. The van der Waals surface area contributed by atoms with Crippen molar-refractivity contribution in [2.45, 2.75) is 39.0 Å². The van der Waals surface area contributed by atoms with E-state index in [1.807, 2.05) is 6.92 Å². The van der Waals surface area contributed by atoms with Gasteiger partial charge >= 0.3 is 0 Å². The third-order valence-corrected chi connectivity index (χ3v) is 3.60. The first-order chi connectivity index (χ1) is 9.20. The van der Waals surface area contributed by atoms with E-state index in [1.165, 1.54) is 18.9 Å². The lowest BCUT2D eigenvalue weighted by Gasteiger charge is -2.04. The molecule has 1 aromatic heterocycles. The van der Waals surface area contributed by atoms with Gasteiger partial charge in [0, 0.05) is 24.1 Å². The Morgan fingerprint density at radius 3 is 2.89 bits per heavy atom. The molecule has 1 heterocycles. The molecule has 3 rings (SSSR count). The standard InChI is InChI=1S/C15H18FNO2/c1-9-3-6-12(16)15-14(9)11(8-18-2)13(19-15)7-17-10-4-5-10/h3,6,10,17H,4-5,7-8H2,1-2H3. The van der Waals surface area contributed by atoms with Crippen molar-refractivity contribution in [2.75, 3.05) is 7.11 Å². The number of rotatable bonds is 5. The molecule has 1 aliphatic rings. The average Bonchev–Trinajstić information content (AvgIpc) is 3.15. The normalized spacial score (nSPS) is 15.3. The smallest absolute Gasteiger partial charge is 0.170 e. The molecule has 0 saturated heterocycles. The summed E-state index contributed by atoms with van der Waals surface area (Å²) in [5.74, 6) is 0.479. The fraction of sp³-hybridized carbons (Fsp3) is 0.467. The van der Waals surface area contributed by atoms with E-state index in [0.717, 1.165) is 22.3 Å². The molecule has 0 amide bonds. The van der Waals surface area contributed by atoms with E-state index in [4.69, 9.17) is 9.15 Å². The molecule has 3 nitrogen and oxygen atoms in total. The van der Waals surface area contributed by atoms with Crippen molar-refractivity contribution in [3.05, 3.63) is 34.8 Å². The van der Waals surface area contributed by atoms with Crippen molar-refractivity contribution in [3.8, 4) is 0 Å². The minimum atomic E-state index is -0.310. The van der Waals surface area contributed by atoms with Crippen molar-refractivity contribution in [1.29, 1.82) is 0 Å². The lowest BCUT2D eigenvalue weighted by Crippen LogP contribution is -2.15. The first-order valence-corrected chi connectivity index (χ1v) is 6.62. The van der Waals surface area contributed by atoms with E-state index in [0.29, 0.717) is 24.8 Å². The number of furan rings is 1. The largest absolute Gasteiger partial charge is 0.456 e. The molecule has 19 heavy (non-hydrogen) atoms. The number of ether oxygens (including phenoxy) is 1. The third-order valence-electron chi connectivity index (χ3n) is 3.60. The number of benzene rings is 1. The molecule has 2 aromatic rings. The van der Waals surface area contributed by atoms with Gasteiger partial charge < -0.3 is 14.5 Å². The quantitative estimate of drug-likeness (QED) is 0.899. The summed E-state index contributed by atoms with van der Waals surface area (Å²) in [5, 5.41) is 4.26. The second-order valence-corrected chi connectivity index (χ2v) is 5.16. The lowest BCUT2D eigenvalue weighted by atomic mass is 10.1. The molecular formula is C15H18FNO2. The van der Waals surface area contributed by atoms with Crippen LogP contribution < -0.4 is 5.32 Å². The summed E-state index contributed by atoms with van der Waals surface area (Å²) >= 11 is 0. The zero-order chi connectivity index (χ0) is 13.4. The summed E-state index contributed by atoms with van der Waals surface area (Å²) in [5.41, 5.74) is 2.33. The van der Waals surface area contributed by atoms with Crippen molar-refractivity contribution in [3.63, 3.8) is 0 Å². The van der Waals surface area contributed by atoms with Crippen LogP contribution in [0.15, 0.2) is 16.5 Å². The van der Waals surface area contributed by atoms with E-state index < -0.39 is 0 Å². The van der Waals surface area contributed by atoms with E-state index in [2.05, 4.69) is 5.32 Å². The number of hydrogen-bond donors (Lipinski definition) is 1. The Morgan fingerprint density at radius 1 is 1.42 bits per heavy atom. The van der Waals surface area contributed by atoms with Crippen LogP contribution in [0, 0.1) is 12.7 Å². The van der Waals surface area contributed by atoms with Crippen LogP contribution in [0.3, 0.4) is 0 Å². The van der Waals surface area contributed by atoms with Crippen LogP contribution in [0.4, 0.5) is 4.39 Å². The fourth-order valence-corrected chi connectivity index (χ4v) is 2.42. The van der Waals surface area contributed by atoms with Gasteiger partial charge in [-0.2, -0.15) is 0 Å². The molecule has 1 N–H and O–H groups in total.